The molecule has 0 aliphatic rings. The van der Waals surface area contributed by atoms with Gasteiger partial charge in [-0.1, -0.05) is 13.8 Å². The zero-order valence-electron chi connectivity index (χ0n) is 12.4. The minimum absolute atomic E-state index is 0.00311. The Labute approximate surface area is 119 Å². The molecule has 0 atom stereocenters. The summed E-state index contributed by atoms with van der Waals surface area (Å²) in [5.74, 6) is 0.421. The fourth-order valence-electron chi connectivity index (χ4n) is 1.55. The molecule has 5 nitrogen and oxygen atoms in total. The average Bonchev–Trinajstić information content (AvgIpc) is 2.40. The predicted octanol–water partition coefficient (Wildman–Crippen LogP) is 3.17. The van der Waals surface area contributed by atoms with Crippen LogP contribution in [0.5, 0.6) is 5.75 Å². The van der Waals surface area contributed by atoms with Crippen molar-refractivity contribution in [1.82, 2.24) is 0 Å². The Morgan fingerprint density at radius 1 is 1.10 bits per heavy atom. The van der Waals surface area contributed by atoms with Gasteiger partial charge in [0.05, 0.1) is 11.8 Å². The van der Waals surface area contributed by atoms with Gasteiger partial charge < -0.3 is 15.4 Å². The molecule has 0 fully saturated rings. The number of benzene rings is 1. The van der Waals surface area contributed by atoms with Gasteiger partial charge in [-0.2, -0.15) is 0 Å². The second-order valence-electron chi connectivity index (χ2n) is 4.68. The molecule has 0 aliphatic carbocycles. The second-order valence-corrected chi connectivity index (χ2v) is 4.68. The van der Waals surface area contributed by atoms with Crippen LogP contribution in [0.15, 0.2) is 18.2 Å². The van der Waals surface area contributed by atoms with Crippen LogP contribution in [-0.4, -0.2) is 17.9 Å². The molecule has 0 radical (unpaired) electrons. The topological polar surface area (TPSA) is 67.4 Å². The van der Waals surface area contributed by atoms with E-state index in [-0.39, 0.29) is 17.9 Å². The summed E-state index contributed by atoms with van der Waals surface area (Å²) >= 11 is 0. The molecule has 0 saturated carbocycles. The fourth-order valence-corrected chi connectivity index (χ4v) is 1.55. The van der Waals surface area contributed by atoms with Crippen LogP contribution in [0.1, 0.15) is 40.5 Å². The Morgan fingerprint density at radius 3 is 2.25 bits per heavy atom. The van der Waals surface area contributed by atoms with Gasteiger partial charge in [-0.05, 0) is 32.0 Å². The number of ether oxygens (including phenoxy) is 1. The van der Waals surface area contributed by atoms with Crippen LogP contribution >= 0.6 is 0 Å². The molecule has 2 amide bonds. The van der Waals surface area contributed by atoms with Crippen LogP contribution in [0.25, 0.3) is 0 Å². The number of anilines is 2. The molecule has 0 spiro atoms. The Hall–Kier alpha value is -2.04. The van der Waals surface area contributed by atoms with E-state index < -0.39 is 0 Å². The Balaban J connectivity index is 3.00. The highest BCUT2D eigenvalue weighted by Crippen LogP contribution is 2.29. The van der Waals surface area contributed by atoms with Crippen molar-refractivity contribution in [2.45, 2.75) is 46.6 Å². The minimum atomic E-state index is -0.0995. The van der Waals surface area contributed by atoms with Crippen LogP contribution in [0.4, 0.5) is 11.4 Å². The fraction of sp³-hybridized carbons (Fsp3) is 0.467. The zero-order valence-corrected chi connectivity index (χ0v) is 12.4. The molecule has 20 heavy (non-hydrogen) atoms. The number of rotatable bonds is 6. The van der Waals surface area contributed by atoms with E-state index in [4.69, 9.17) is 4.74 Å². The van der Waals surface area contributed by atoms with Gasteiger partial charge in [0.2, 0.25) is 11.8 Å². The zero-order chi connectivity index (χ0) is 15.1. The van der Waals surface area contributed by atoms with Gasteiger partial charge in [0.25, 0.3) is 0 Å². The van der Waals surface area contributed by atoms with Crippen molar-refractivity contribution in [3.63, 3.8) is 0 Å². The number of carbonyl (C=O) groups is 2. The highest BCUT2D eigenvalue weighted by atomic mass is 16.5. The van der Waals surface area contributed by atoms with Crippen LogP contribution in [0.2, 0.25) is 0 Å². The third-order valence-corrected chi connectivity index (χ3v) is 2.54. The minimum Gasteiger partial charge on any atom is -0.489 e. The van der Waals surface area contributed by atoms with Gasteiger partial charge in [-0.25, -0.2) is 0 Å². The molecule has 0 aliphatic heterocycles. The van der Waals surface area contributed by atoms with Crippen molar-refractivity contribution in [2.75, 3.05) is 10.6 Å². The van der Waals surface area contributed by atoms with E-state index in [0.29, 0.717) is 30.0 Å². The third kappa shape index (κ3) is 4.91. The SMILES string of the molecule is CCC(=O)Nc1ccc(OC(C)C)c(NC(=O)CC)c1. The standard InChI is InChI=1S/C15H22N2O3/c1-5-14(18)16-11-7-8-13(20-10(3)4)12(9-11)17-15(19)6-2/h7-10H,5-6H2,1-4H3,(H,16,18)(H,17,19). The molecule has 0 bridgehead atoms. The molecule has 1 aromatic rings. The normalized spacial score (nSPS) is 10.2. The smallest absolute Gasteiger partial charge is 0.224 e. The summed E-state index contributed by atoms with van der Waals surface area (Å²) in [5.41, 5.74) is 1.21. The lowest BCUT2D eigenvalue weighted by atomic mass is 10.2. The van der Waals surface area contributed by atoms with Crippen molar-refractivity contribution >= 4 is 23.2 Å². The second kappa shape index (κ2) is 7.53. The lowest BCUT2D eigenvalue weighted by molar-refractivity contribution is -0.116. The maximum absolute atomic E-state index is 11.6. The summed E-state index contributed by atoms with van der Waals surface area (Å²) in [6, 6.07) is 5.21. The first-order valence-electron chi connectivity index (χ1n) is 6.86. The number of hydrogen-bond acceptors (Lipinski definition) is 3. The number of nitrogens with one attached hydrogen (secondary N) is 2. The summed E-state index contributed by atoms with van der Waals surface area (Å²) in [7, 11) is 0. The number of hydrogen-bond donors (Lipinski definition) is 2. The quantitative estimate of drug-likeness (QED) is 0.839. The van der Waals surface area contributed by atoms with Crippen LogP contribution in [0.3, 0.4) is 0 Å². The maximum atomic E-state index is 11.6. The highest BCUT2D eigenvalue weighted by molar-refractivity contribution is 5.95. The molecular weight excluding hydrogens is 256 g/mol. The molecule has 0 unspecified atom stereocenters. The monoisotopic (exact) mass is 278 g/mol. The summed E-state index contributed by atoms with van der Waals surface area (Å²) in [6.07, 6.45) is 0.788. The number of amides is 2. The molecular formula is C15H22N2O3. The van der Waals surface area contributed by atoms with E-state index in [2.05, 4.69) is 10.6 Å². The van der Waals surface area contributed by atoms with Gasteiger partial charge in [-0.3, -0.25) is 9.59 Å². The van der Waals surface area contributed by atoms with Gasteiger partial charge in [0.15, 0.2) is 0 Å². The first-order chi connectivity index (χ1) is 9.46. The summed E-state index contributed by atoms with van der Waals surface area (Å²) < 4.78 is 5.65. The van der Waals surface area contributed by atoms with Crippen molar-refractivity contribution in [3.8, 4) is 5.75 Å². The van der Waals surface area contributed by atoms with Crippen molar-refractivity contribution in [3.05, 3.63) is 18.2 Å². The molecule has 0 saturated heterocycles. The maximum Gasteiger partial charge on any atom is 0.224 e. The van der Waals surface area contributed by atoms with Gasteiger partial charge in [0.1, 0.15) is 5.75 Å². The van der Waals surface area contributed by atoms with E-state index in [1.807, 2.05) is 13.8 Å². The lowest BCUT2D eigenvalue weighted by Gasteiger charge is -2.16. The Morgan fingerprint density at radius 2 is 1.70 bits per heavy atom. The van der Waals surface area contributed by atoms with Crippen LogP contribution in [0, 0.1) is 0 Å². The van der Waals surface area contributed by atoms with Gasteiger partial charge in [0, 0.05) is 18.5 Å². The molecule has 5 heteroatoms. The summed E-state index contributed by atoms with van der Waals surface area (Å²) in [4.78, 5) is 23.0. The van der Waals surface area contributed by atoms with Crippen molar-refractivity contribution < 1.29 is 14.3 Å². The van der Waals surface area contributed by atoms with Crippen LogP contribution < -0.4 is 15.4 Å². The van der Waals surface area contributed by atoms with Gasteiger partial charge >= 0.3 is 0 Å². The third-order valence-electron chi connectivity index (χ3n) is 2.54. The van der Waals surface area contributed by atoms with E-state index in [1.165, 1.54) is 0 Å². The highest BCUT2D eigenvalue weighted by Gasteiger charge is 2.10. The van der Waals surface area contributed by atoms with Crippen molar-refractivity contribution in [1.29, 1.82) is 0 Å². The molecule has 110 valence electrons. The Bertz CT molecular complexity index is 484. The molecule has 0 heterocycles. The predicted molar refractivity (Wildman–Crippen MR) is 80.0 cm³/mol. The number of carbonyl (C=O) groups excluding carboxylic acids is 2. The average molecular weight is 278 g/mol. The first kappa shape index (κ1) is 16.0. The molecule has 2 N–H and O–H groups in total. The molecule has 0 aromatic heterocycles. The molecule has 1 aromatic carbocycles. The lowest BCUT2D eigenvalue weighted by Crippen LogP contribution is -2.14. The van der Waals surface area contributed by atoms with E-state index in [0.717, 1.165) is 0 Å². The summed E-state index contributed by atoms with van der Waals surface area (Å²) in [5, 5.41) is 5.54. The van der Waals surface area contributed by atoms with E-state index in [9.17, 15) is 9.59 Å². The summed E-state index contributed by atoms with van der Waals surface area (Å²) in [6.45, 7) is 7.39. The van der Waals surface area contributed by atoms with Gasteiger partial charge in [-0.15, -0.1) is 0 Å². The van der Waals surface area contributed by atoms with Crippen LogP contribution in [-0.2, 0) is 9.59 Å². The Kier molecular flexibility index (Phi) is 6.03. The van der Waals surface area contributed by atoms with E-state index >= 15 is 0 Å². The largest absolute Gasteiger partial charge is 0.489 e. The van der Waals surface area contributed by atoms with Crippen molar-refractivity contribution in [2.24, 2.45) is 0 Å². The first-order valence-corrected chi connectivity index (χ1v) is 6.86. The molecule has 1 rings (SSSR count). The van der Waals surface area contributed by atoms with E-state index in [1.54, 1.807) is 32.0 Å².